The SMILES string of the molecule is CCC/C=C/CCCC(=O)OCC1CO1. The molecule has 0 bridgehead atoms. The van der Waals surface area contributed by atoms with Crippen molar-refractivity contribution >= 4 is 5.97 Å². The van der Waals surface area contributed by atoms with Gasteiger partial charge in [0.05, 0.1) is 6.61 Å². The highest BCUT2D eigenvalue weighted by Gasteiger charge is 2.23. The summed E-state index contributed by atoms with van der Waals surface area (Å²) >= 11 is 0. The number of esters is 1. The third kappa shape index (κ3) is 7.14. The zero-order valence-corrected chi connectivity index (χ0v) is 9.41. The van der Waals surface area contributed by atoms with Crippen LogP contribution in [0.25, 0.3) is 0 Å². The molecule has 0 spiro atoms. The van der Waals surface area contributed by atoms with Gasteiger partial charge >= 0.3 is 5.97 Å². The van der Waals surface area contributed by atoms with Gasteiger partial charge in [-0.2, -0.15) is 0 Å². The lowest BCUT2D eigenvalue weighted by atomic mass is 10.2. The third-order valence-electron chi connectivity index (χ3n) is 2.21. The Balaban J connectivity index is 1.87. The molecule has 0 aromatic rings. The van der Waals surface area contributed by atoms with E-state index in [1.165, 1.54) is 6.42 Å². The van der Waals surface area contributed by atoms with Crippen molar-refractivity contribution in [3.05, 3.63) is 12.2 Å². The Bertz CT molecular complexity index is 207. The van der Waals surface area contributed by atoms with Crippen LogP contribution in [-0.4, -0.2) is 25.3 Å². The van der Waals surface area contributed by atoms with Crippen LogP contribution < -0.4 is 0 Å². The van der Waals surface area contributed by atoms with E-state index >= 15 is 0 Å². The Labute approximate surface area is 91.4 Å². The highest BCUT2D eigenvalue weighted by Crippen LogP contribution is 2.09. The molecule has 0 saturated carbocycles. The molecular weight excluding hydrogens is 192 g/mol. The number of carbonyl (C=O) groups excluding carboxylic acids is 1. The van der Waals surface area contributed by atoms with Crippen LogP contribution in [0, 0.1) is 0 Å². The van der Waals surface area contributed by atoms with Crippen LogP contribution in [0.3, 0.4) is 0 Å². The average Bonchev–Trinajstić information content (AvgIpc) is 3.04. The molecule has 15 heavy (non-hydrogen) atoms. The summed E-state index contributed by atoms with van der Waals surface area (Å²) in [5.74, 6) is -0.102. The molecule has 1 aliphatic heterocycles. The molecule has 0 radical (unpaired) electrons. The highest BCUT2D eigenvalue weighted by molar-refractivity contribution is 5.69. The molecule has 1 heterocycles. The molecule has 0 aromatic heterocycles. The summed E-state index contributed by atoms with van der Waals surface area (Å²) in [4.78, 5) is 11.2. The van der Waals surface area contributed by atoms with Gasteiger partial charge in [-0.15, -0.1) is 0 Å². The lowest BCUT2D eigenvalue weighted by Gasteiger charge is -2.00. The van der Waals surface area contributed by atoms with Gasteiger partial charge in [-0.05, 0) is 19.3 Å². The zero-order valence-electron chi connectivity index (χ0n) is 9.41. The molecular formula is C12H20O3. The van der Waals surface area contributed by atoms with E-state index in [0.717, 1.165) is 25.9 Å². The molecule has 3 heteroatoms. The molecule has 0 aliphatic carbocycles. The van der Waals surface area contributed by atoms with E-state index in [0.29, 0.717) is 13.0 Å². The van der Waals surface area contributed by atoms with Crippen LogP contribution in [0.1, 0.15) is 39.0 Å². The van der Waals surface area contributed by atoms with E-state index in [-0.39, 0.29) is 12.1 Å². The molecule has 1 rings (SSSR count). The molecule has 1 saturated heterocycles. The van der Waals surface area contributed by atoms with Crippen LogP contribution in [0.5, 0.6) is 0 Å². The molecule has 1 fully saturated rings. The Morgan fingerprint density at radius 3 is 2.87 bits per heavy atom. The van der Waals surface area contributed by atoms with Crippen molar-refractivity contribution in [2.24, 2.45) is 0 Å². The lowest BCUT2D eigenvalue weighted by molar-refractivity contribution is -0.144. The van der Waals surface area contributed by atoms with Gasteiger partial charge in [-0.25, -0.2) is 0 Å². The smallest absolute Gasteiger partial charge is 0.305 e. The van der Waals surface area contributed by atoms with Gasteiger partial charge in [0.25, 0.3) is 0 Å². The van der Waals surface area contributed by atoms with Gasteiger partial charge < -0.3 is 9.47 Å². The Hall–Kier alpha value is -0.830. The predicted octanol–water partition coefficient (Wildman–Crippen LogP) is 2.46. The summed E-state index contributed by atoms with van der Waals surface area (Å²) in [6, 6.07) is 0. The van der Waals surface area contributed by atoms with Gasteiger partial charge in [-0.1, -0.05) is 25.5 Å². The molecule has 1 atom stereocenters. The van der Waals surface area contributed by atoms with E-state index in [1.54, 1.807) is 0 Å². The largest absolute Gasteiger partial charge is 0.463 e. The molecule has 1 unspecified atom stereocenters. The Kier molecular flexibility index (Phi) is 6.09. The van der Waals surface area contributed by atoms with Crippen LogP contribution in [0.4, 0.5) is 0 Å². The molecule has 0 aromatic carbocycles. The summed E-state index contributed by atoms with van der Waals surface area (Å²) in [5, 5.41) is 0. The van der Waals surface area contributed by atoms with Gasteiger partial charge in [0.1, 0.15) is 12.7 Å². The first kappa shape index (κ1) is 12.2. The monoisotopic (exact) mass is 212 g/mol. The summed E-state index contributed by atoms with van der Waals surface area (Å²) in [5.41, 5.74) is 0. The maximum Gasteiger partial charge on any atom is 0.305 e. The first-order valence-electron chi connectivity index (χ1n) is 5.75. The predicted molar refractivity (Wildman–Crippen MR) is 58.6 cm³/mol. The standard InChI is InChI=1S/C12H20O3/c1-2-3-4-5-6-7-8-12(13)15-10-11-9-14-11/h4-5,11H,2-3,6-10H2,1H3/b5-4+. The summed E-state index contributed by atoms with van der Waals surface area (Å²) in [6.07, 6.45) is 9.16. The molecule has 3 nitrogen and oxygen atoms in total. The third-order valence-corrected chi connectivity index (χ3v) is 2.21. The van der Waals surface area contributed by atoms with E-state index in [4.69, 9.17) is 9.47 Å². The minimum absolute atomic E-state index is 0.102. The minimum atomic E-state index is -0.102. The number of allylic oxidation sites excluding steroid dienone is 2. The van der Waals surface area contributed by atoms with Crippen LogP contribution in [0.2, 0.25) is 0 Å². The van der Waals surface area contributed by atoms with Crippen molar-refractivity contribution < 1.29 is 14.3 Å². The zero-order chi connectivity index (χ0) is 10.9. The molecule has 0 amide bonds. The van der Waals surface area contributed by atoms with Crippen LogP contribution >= 0.6 is 0 Å². The average molecular weight is 212 g/mol. The van der Waals surface area contributed by atoms with Crippen molar-refractivity contribution in [2.45, 2.75) is 45.1 Å². The second-order valence-electron chi connectivity index (χ2n) is 3.79. The second kappa shape index (κ2) is 7.46. The maximum absolute atomic E-state index is 11.2. The molecule has 0 N–H and O–H groups in total. The van der Waals surface area contributed by atoms with Crippen molar-refractivity contribution in [3.63, 3.8) is 0 Å². The quantitative estimate of drug-likeness (QED) is 0.268. The fraction of sp³-hybridized carbons (Fsp3) is 0.750. The van der Waals surface area contributed by atoms with Gasteiger partial charge in [0, 0.05) is 6.42 Å². The van der Waals surface area contributed by atoms with Crippen molar-refractivity contribution in [2.75, 3.05) is 13.2 Å². The number of rotatable bonds is 8. The number of hydrogen-bond donors (Lipinski definition) is 0. The van der Waals surface area contributed by atoms with Crippen LogP contribution in [-0.2, 0) is 14.3 Å². The van der Waals surface area contributed by atoms with Gasteiger partial charge in [-0.3, -0.25) is 4.79 Å². The lowest BCUT2D eigenvalue weighted by Crippen LogP contribution is -2.09. The number of epoxide rings is 1. The number of unbranched alkanes of at least 4 members (excludes halogenated alkanes) is 2. The highest BCUT2D eigenvalue weighted by atomic mass is 16.6. The first-order chi connectivity index (χ1) is 7.33. The summed E-state index contributed by atoms with van der Waals surface area (Å²) < 4.78 is 9.95. The van der Waals surface area contributed by atoms with Crippen molar-refractivity contribution in [3.8, 4) is 0 Å². The minimum Gasteiger partial charge on any atom is -0.463 e. The van der Waals surface area contributed by atoms with E-state index in [2.05, 4.69) is 19.1 Å². The number of hydrogen-bond acceptors (Lipinski definition) is 3. The molecule has 1 aliphatic rings. The van der Waals surface area contributed by atoms with E-state index < -0.39 is 0 Å². The normalized spacial score (nSPS) is 19.4. The number of ether oxygens (including phenoxy) is 2. The van der Waals surface area contributed by atoms with Crippen molar-refractivity contribution in [1.29, 1.82) is 0 Å². The maximum atomic E-state index is 11.2. The Morgan fingerprint density at radius 2 is 2.20 bits per heavy atom. The van der Waals surface area contributed by atoms with Gasteiger partial charge in [0.15, 0.2) is 0 Å². The first-order valence-corrected chi connectivity index (χ1v) is 5.75. The number of carbonyl (C=O) groups is 1. The van der Waals surface area contributed by atoms with Gasteiger partial charge in [0.2, 0.25) is 0 Å². The second-order valence-corrected chi connectivity index (χ2v) is 3.79. The summed E-state index contributed by atoms with van der Waals surface area (Å²) in [7, 11) is 0. The molecule has 86 valence electrons. The topological polar surface area (TPSA) is 38.8 Å². The van der Waals surface area contributed by atoms with E-state index in [1.807, 2.05) is 0 Å². The Morgan fingerprint density at radius 1 is 1.47 bits per heavy atom. The fourth-order valence-electron chi connectivity index (χ4n) is 1.19. The van der Waals surface area contributed by atoms with Crippen LogP contribution in [0.15, 0.2) is 12.2 Å². The van der Waals surface area contributed by atoms with E-state index in [9.17, 15) is 4.79 Å². The summed E-state index contributed by atoms with van der Waals surface area (Å²) in [6.45, 7) is 3.33. The van der Waals surface area contributed by atoms with Crippen molar-refractivity contribution in [1.82, 2.24) is 0 Å². The fourth-order valence-corrected chi connectivity index (χ4v) is 1.19.